The van der Waals surface area contributed by atoms with Crippen LogP contribution in [0.4, 0.5) is 0 Å². The van der Waals surface area contributed by atoms with Crippen molar-refractivity contribution in [2.45, 2.75) is 25.7 Å². The summed E-state index contributed by atoms with van der Waals surface area (Å²) >= 11 is 0. The Kier molecular flexibility index (Phi) is 7.66. The molecule has 0 bridgehead atoms. The number of rotatable bonds is 9. The summed E-state index contributed by atoms with van der Waals surface area (Å²) in [5, 5.41) is 8.67. The lowest BCUT2D eigenvalue weighted by molar-refractivity contribution is -0.130. The van der Waals surface area contributed by atoms with Crippen LogP contribution in [0.5, 0.6) is 5.75 Å². The van der Waals surface area contributed by atoms with E-state index in [0.29, 0.717) is 13.0 Å². The first-order chi connectivity index (χ1) is 9.24. The lowest BCUT2D eigenvalue weighted by Gasteiger charge is -2.17. The molecule has 1 aromatic carbocycles. The molecule has 0 unspecified atom stereocenters. The molecule has 0 radical (unpaired) electrons. The summed E-state index contributed by atoms with van der Waals surface area (Å²) < 4.78 is 5.49. The molecule has 0 aliphatic carbocycles. The van der Waals surface area contributed by atoms with Crippen LogP contribution in [0.2, 0.25) is 0 Å². The second-order valence-corrected chi connectivity index (χ2v) is 4.51. The molecule has 0 saturated heterocycles. The van der Waals surface area contributed by atoms with Crippen molar-refractivity contribution in [2.24, 2.45) is 0 Å². The molecule has 106 valence electrons. The van der Waals surface area contributed by atoms with Crippen molar-refractivity contribution in [3.05, 3.63) is 30.3 Å². The number of amides is 1. The Morgan fingerprint density at radius 3 is 2.63 bits per heavy atom. The Morgan fingerprint density at radius 2 is 1.95 bits per heavy atom. The van der Waals surface area contributed by atoms with Crippen LogP contribution in [0.1, 0.15) is 25.7 Å². The van der Waals surface area contributed by atoms with E-state index in [4.69, 9.17) is 9.84 Å². The molecule has 0 heterocycles. The normalized spacial score (nSPS) is 10.2. The van der Waals surface area contributed by atoms with E-state index in [0.717, 1.165) is 31.6 Å². The summed E-state index contributed by atoms with van der Waals surface area (Å²) in [5.41, 5.74) is 0. The highest BCUT2D eigenvalue weighted by Gasteiger charge is 2.08. The third-order valence-corrected chi connectivity index (χ3v) is 2.91. The maximum atomic E-state index is 11.8. The van der Waals surface area contributed by atoms with Crippen LogP contribution in [-0.2, 0) is 4.79 Å². The zero-order valence-corrected chi connectivity index (χ0v) is 11.5. The fourth-order valence-electron chi connectivity index (χ4n) is 1.73. The van der Waals surface area contributed by atoms with Gasteiger partial charge in [-0.1, -0.05) is 18.2 Å². The second kappa shape index (κ2) is 9.39. The largest absolute Gasteiger partial charge is 0.493 e. The summed E-state index contributed by atoms with van der Waals surface area (Å²) in [6.45, 7) is 1.37. The van der Waals surface area contributed by atoms with Crippen LogP contribution in [0, 0.1) is 0 Å². The van der Waals surface area contributed by atoms with Crippen LogP contribution >= 0.6 is 0 Å². The first kappa shape index (κ1) is 15.5. The van der Waals surface area contributed by atoms with Gasteiger partial charge in [-0.2, -0.15) is 0 Å². The lowest BCUT2D eigenvalue weighted by atomic mass is 10.2. The average molecular weight is 265 g/mol. The van der Waals surface area contributed by atoms with Crippen molar-refractivity contribution in [3.63, 3.8) is 0 Å². The number of hydrogen-bond donors (Lipinski definition) is 1. The quantitative estimate of drug-likeness (QED) is 0.695. The molecule has 4 heteroatoms. The summed E-state index contributed by atoms with van der Waals surface area (Å²) in [4.78, 5) is 13.5. The molecule has 0 spiro atoms. The highest BCUT2D eigenvalue weighted by atomic mass is 16.5. The van der Waals surface area contributed by atoms with Crippen LogP contribution < -0.4 is 4.74 Å². The molecule has 1 N–H and O–H groups in total. The molecule has 0 aliphatic heterocycles. The Hall–Kier alpha value is -1.55. The molecule has 0 saturated carbocycles. The number of nitrogens with zero attached hydrogens (tertiary/aromatic N) is 1. The van der Waals surface area contributed by atoms with Gasteiger partial charge in [0.05, 0.1) is 13.0 Å². The number of carbonyl (C=O) groups excluding carboxylic acids is 1. The van der Waals surface area contributed by atoms with Crippen LogP contribution in [-0.4, -0.2) is 42.7 Å². The molecule has 0 fully saturated rings. The molecular formula is C15H23NO3. The Morgan fingerprint density at radius 1 is 1.21 bits per heavy atom. The standard InChI is InChI=1S/C15H23NO3/c1-16(11-6-3-7-12-17)15(18)10-13-19-14-8-4-2-5-9-14/h2,4-5,8-9,17H,3,6-7,10-13H2,1H3. The first-order valence-electron chi connectivity index (χ1n) is 6.76. The summed E-state index contributed by atoms with van der Waals surface area (Å²) in [5.74, 6) is 0.890. The van der Waals surface area contributed by atoms with E-state index in [1.807, 2.05) is 37.4 Å². The minimum absolute atomic E-state index is 0.0972. The monoisotopic (exact) mass is 265 g/mol. The van der Waals surface area contributed by atoms with Gasteiger partial charge in [0.15, 0.2) is 0 Å². The average Bonchev–Trinajstić information content (AvgIpc) is 2.44. The van der Waals surface area contributed by atoms with Gasteiger partial charge in [0.1, 0.15) is 5.75 Å². The van der Waals surface area contributed by atoms with Gasteiger partial charge in [0, 0.05) is 20.2 Å². The smallest absolute Gasteiger partial charge is 0.225 e. The SMILES string of the molecule is CN(CCCCCO)C(=O)CCOc1ccccc1. The molecule has 1 amide bonds. The van der Waals surface area contributed by atoms with E-state index in [-0.39, 0.29) is 12.5 Å². The number of benzene rings is 1. The van der Waals surface area contributed by atoms with Crippen molar-refractivity contribution >= 4 is 5.91 Å². The van der Waals surface area contributed by atoms with Gasteiger partial charge in [-0.3, -0.25) is 4.79 Å². The van der Waals surface area contributed by atoms with Crippen molar-refractivity contribution < 1.29 is 14.6 Å². The third kappa shape index (κ3) is 6.82. The Labute approximate surface area is 115 Å². The predicted octanol–water partition coefficient (Wildman–Crippen LogP) is 2.08. The van der Waals surface area contributed by atoms with E-state index >= 15 is 0 Å². The molecule has 0 aromatic heterocycles. The van der Waals surface area contributed by atoms with Crippen LogP contribution in [0.3, 0.4) is 0 Å². The Balaban J connectivity index is 2.13. The molecule has 0 aliphatic rings. The van der Waals surface area contributed by atoms with Crippen LogP contribution in [0.15, 0.2) is 30.3 Å². The number of para-hydroxylation sites is 1. The lowest BCUT2D eigenvalue weighted by Crippen LogP contribution is -2.28. The molecule has 1 aromatic rings. The highest BCUT2D eigenvalue weighted by molar-refractivity contribution is 5.75. The van der Waals surface area contributed by atoms with Gasteiger partial charge < -0.3 is 14.7 Å². The molecule has 0 atom stereocenters. The van der Waals surface area contributed by atoms with Crippen molar-refractivity contribution in [1.82, 2.24) is 4.90 Å². The van der Waals surface area contributed by atoms with Gasteiger partial charge in [-0.15, -0.1) is 0 Å². The maximum Gasteiger partial charge on any atom is 0.225 e. The second-order valence-electron chi connectivity index (χ2n) is 4.51. The number of aliphatic hydroxyl groups excluding tert-OH is 1. The highest BCUT2D eigenvalue weighted by Crippen LogP contribution is 2.08. The number of aliphatic hydroxyl groups is 1. The summed E-state index contributed by atoms with van der Waals surface area (Å²) in [7, 11) is 1.81. The minimum Gasteiger partial charge on any atom is -0.493 e. The van der Waals surface area contributed by atoms with E-state index in [1.165, 1.54) is 0 Å². The number of hydrogen-bond acceptors (Lipinski definition) is 3. The van der Waals surface area contributed by atoms with Crippen molar-refractivity contribution in [2.75, 3.05) is 26.8 Å². The minimum atomic E-state index is 0.0972. The number of carbonyl (C=O) groups is 1. The fourth-order valence-corrected chi connectivity index (χ4v) is 1.73. The maximum absolute atomic E-state index is 11.8. The molecule has 4 nitrogen and oxygen atoms in total. The van der Waals surface area contributed by atoms with Crippen molar-refractivity contribution in [3.8, 4) is 5.75 Å². The zero-order valence-electron chi connectivity index (χ0n) is 11.5. The summed E-state index contributed by atoms with van der Waals surface area (Å²) in [6.07, 6.45) is 3.08. The van der Waals surface area contributed by atoms with E-state index in [9.17, 15) is 4.79 Å². The summed E-state index contributed by atoms with van der Waals surface area (Å²) in [6, 6.07) is 9.50. The first-order valence-corrected chi connectivity index (χ1v) is 6.76. The van der Waals surface area contributed by atoms with Crippen molar-refractivity contribution in [1.29, 1.82) is 0 Å². The van der Waals surface area contributed by atoms with E-state index in [2.05, 4.69) is 0 Å². The van der Waals surface area contributed by atoms with Gasteiger partial charge in [0.25, 0.3) is 0 Å². The fraction of sp³-hybridized carbons (Fsp3) is 0.533. The van der Waals surface area contributed by atoms with Gasteiger partial charge in [0.2, 0.25) is 5.91 Å². The predicted molar refractivity (Wildman–Crippen MR) is 75.1 cm³/mol. The van der Waals surface area contributed by atoms with Crippen LogP contribution in [0.25, 0.3) is 0 Å². The topological polar surface area (TPSA) is 49.8 Å². The Bertz CT molecular complexity index is 354. The third-order valence-electron chi connectivity index (χ3n) is 2.91. The molecular weight excluding hydrogens is 242 g/mol. The van der Waals surface area contributed by atoms with E-state index < -0.39 is 0 Å². The number of unbranched alkanes of at least 4 members (excludes halogenated alkanes) is 2. The number of ether oxygens (including phenoxy) is 1. The van der Waals surface area contributed by atoms with Gasteiger partial charge in [-0.05, 0) is 31.4 Å². The van der Waals surface area contributed by atoms with Gasteiger partial charge >= 0.3 is 0 Å². The molecule has 19 heavy (non-hydrogen) atoms. The van der Waals surface area contributed by atoms with Gasteiger partial charge in [-0.25, -0.2) is 0 Å². The van der Waals surface area contributed by atoms with E-state index in [1.54, 1.807) is 4.90 Å². The zero-order chi connectivity index (χ0) is 13.9. The molecule has 1 rings (SSSR count).